The molecule has 4 aromatic rings. The van der Waals surface area contributed by atoms with E-state index < -0.39 is 11.9 Å². The normalized spacial score (nSPS) is 11.3. The number of aryl methyl sites for hydroxylation is 1. The van der Waals surface area contributed by atoms with Gasteiger partial charge >= 0.3 is 0 Å². The van der Waals surface area contributed by atoms with Crippen molar-refractivity contribution in [2.45, 2.75) is 26.8 Å². The molecule has 1 aromatic heterocycles. The average molecular weight is 539 g/mol. The summed E-state index contributed by atoms with van der Waals surface area (Å²) in [5.74, 6) is 1.12. The number of carbonyl (C=O) groups excluding carboxylic acids is 1. The van der Waals surface area contributed by atoms with Gasteiger partial charge in [-0.05, 0) is 30.7 Å². The summed E-state index contributed by atoms with van der Waals surface area (Å²) in [5.41, 5.74) is 3.05. The molecule has 0 amide bonds. The predicted molar refractivity (Wildman–Crippen MR) is 150 cm³/mol. The van der Waals surface area contributed by atoms with Crippen LogP contribution in [0.2, 0.25) is 0 Å². The highest BCUT2D eigenvalue weighted by atomic mass is 19.1. The van der Waals surface area contributed by atoms with Crippen LogP contribution in [-0.2, 0) is 0 Å². The van der Waals surface area contributed by atoms with E-state index in [4.69, 9.17) is 24.1 Å². The molecular weight excluding hydrogens is 503 g/mol. The quantitative estimate of drug-likeness (QED) is 0.199. The number of aromatic amines is 1. The van der Waals surface area contributed by atoms with Crippen LogP contribution in [0.25, 0.3) is 10.9 Å². The monoisotopic (exact) mass is 538 g/mol. The fourth-order valence-electron chi connectivity index (χ4n) is 4.23. The number of nitrogens with one attached hydrogen (secondary N) is 2. The van der Waals surface area contributed by atoms with Crippen molar-refractivity contribution < 1.29 is 33.2 Å². The van der Waals surface area contributed by atoms with E-state index in [1.165, 1.54) is 32.4 Å². The molecule has 0 saturated carbocycles. The molecule has 8 nitrogen and oxygen atoms in total. The average Bonchev–Trinajstić information content (AvgIpc) is 3.37. The van der Waals surface area contributed by atoms with E-state index in [0.29, 0.717) is 34.1 Å². The lowest BCUT2D eigenvalue weighted by molar-refractivity contribution is 0.0970. The van der Waals surface area contributed by atoms with Gasteiger partial charge in [0.2, 0.25) is 0 Å². The largest absolute Gasteiger partial charge is 0.497 e. The fraction of sp³-hybridized carbons (Fsp3) is 0.300. The Morgan fingerprint density at radius 2 is 1.69 bits per heavy atom. The van der Waals surface area contributed by atoms with E-state index in [9.17, 15) is 9.18 Å². The Bertz CT molecular complexity index is 1420. The smallest absolute Gasteiger partial charge is 0.191 e. The number of hydrogen-bond acceptors (Lipinski definition) is 7. The first-order chi connectivity index (χ1) is 18.9. The SMILES string of the molecule is CC.COc1cc(NC(C(=O)c2c[nH]c3cc(OC)c(C)cc23)c2ccc(F)cc2OC)cc(OCCO)c1. The van der Waals surface area contributed by atoms with Crippen molar-refractivity contribution in [1.29, 1.82) is 0 Å². The molecule has 39 heavy (non-hydrogen) atoms. The van der Waals surface area contributed by atoms with Crippen molar-refractivity contribution in [3.63, 3.8) is 0 Å². The van der Waals surface area contributed by atoms with Crippen molar-refractivity contribution in [2.24, 2.45) is 0 Å². The Balaban J connectivity index is 0.00000205. The highest BCUT2D eigenvalue weighted by Gasteiger charge is 2.28. The minimum Gasteiger partial charge on any atom is -0.497 e. The molecule has 0 fully saturated rings. The van der Waals surface area contributed by atoms with E-state index >= 15 is 0 Å². The van der Waals surface area contributed by atoms with Crippen LogP contribution >= 0.6 is 0 Å². The molecule has 0 spiro atoms. The van der Waals surface area contributed by atoms with Gasteiger partial charge < -0.3 is 34.4 Å². The molecule has 0 aliphatic rings. The third-order valence-corrected chi connectivity index (χ3v) is 6.02. The number of Topliss-reactive ketones (excluding diaryl/α,β-unsaturated/α-hetero) is 1. The third kappa shape index (κ3) is 6.61. The molecule has 0 radical (unpaired) electrons. The van der Waals surface area contributed by atoms with Gasteiger partial charge in [0, 0.05) is 64.2 Å². The lowest BCUT2D eigenvalue weighted by Gasteiger charge is -2.22. The molecule has 1 unspecified atom stereocenters. The van der Waals surface area contributed by atoms with Gasteiger partial charge in [-0.25, -0.2) is 4.39 Å². The molecule has 1 atom stereocenters. The molecule has 9 heteroatoms. The van der Waals surface area contributed by atoms with Gasteiger partial charge in [0.25, 0.3) is 0 Å². The van der Waals surface area contributed by atoms with Crippen LogP contribution in [0.5, 0.6) is 23.0 Å². The maximum Gasteiger partial charge on any atom is 0.191 e. The van der Waals surface area contributed by atoms with Crippen molar-refractivity contribution >= 4 is 22.4 Å². The Morgan fingerprint density at radius 3 is 2.36 bits per heavy atom. The molecule has 3 N–H and O–H groups in total. The number of hydrogen-bond donors (Lipinski definition) is 3. The Kier molecular flexibility index (Phi) is 10.2. The number of ether oxygens (including phenoxy) is 4. The molecule has 208 valence electrons. The summed E-state index contributed by atoms with van der Waals surface area (Å²) in [5, 5.41) is 13.1. The molecular formula is C30H35FN2O6. The zero-order valence-electron chi connectivity index (χ0n) is 23.1. The van der Waals surface area contributed by atoms with Gasteiger partial charge in [-0.15, -0.1) is 0 Å². The Morgan fingerprint density at radius 1 is 0.974 bits per heavy atom. The van der Waals surface area contributed by atoms with E-state index in [1.807, 2.05) is 32.9 Å². The van der Waals surface area contributed by atoms with Crippen molar-refractivity contribution in [1.82, 2.24) is 4.98 Å². The third-order valence-electron chi connectivity index (χ3n) is 6.02. The molecule has 0 aliphatic carbocycles. The number of carbonyl (C=O) groups is 1. The van der Waals surface area contributed by atoms with Crippen LogP contribution in [-0.4, -0.2) is 50.4 Å². The second kappa shape index (κ2) is 13.5. The van der Waals surface area contributed by atoms with Crippen LogP contribution in [0.3, 0.4) is 0 Å². The minimum atomic E-state index is -0.949. The summed E-state index contributed by atoms with van der Waals surface area (Å²) in [6, 6.07) is 11.9. The van der Waals surface area contributed by atoms with Crippen molar-refractivity contribution in [3.05, 3.63) is 77.2 Å². The first-order valence-corrected chi connectivity index (χ1v) is 12.6. The molecule has 0 aliphatic heterocycles. The maximum absolute atomic E-state index is 14.1. The summed E-state index contributed by atoms with van der Waals surface area (Å²) in [6.45, 7) is 5.85. The van der Waals surface area contributed by atoms with Crippen LogP contribution in [0.15, 0.2) is 54.7 Å². The van der Waals surface area contributed by atoms with Gasteiger partial charge in [0.05, 0.1) is 27.9 Å². The number of methoxy groups -OCH3 is 3. The topological polar surface area (TPSA) is 102 Å². The summed E-state index contributed by atoms with van der Waals surface area (Å²) in [6.07, 6.45) is 1.65. The van der Waals surface area contributed by atoms with E-state index in [-0.39, 0.29) is 24.7 Å². The summed E-state index contributed by atoms with van der Waals surface area (Å²) >= 11 is 0. The van der Waals surface area contributed by atoms with Crippen LogP contribution in [0, 0.1) is 12.7 Å². The first kappa shape index (κ1) is 29.3. The molecule has 4 rings (SSSR count). The Labute approximate surface area is 227 Å². The number of benzene rings is 3. The van der Waals surface area contributed by atoms with Gasteiger partial charge in [-0.2, -0.15) is 0 Å². The maximum atomic E-state index is 14.1. The highest BCUT2D eigenvalue weighted by molar-refractivity contribution is 6.12. The van der Waals surface area contributed by atoms with Gasteiger partial charge in [-0.1, -0.05) is 13.8 Å². The Hall–Kier alpha value is -4.24. The van der Waals surface area contributed by atoms with Crippen LogP contribution < -0.4 is 24.3 Å². The van der Waals surface area contributed by atoms with E-state index in [2.05, 4.69) is 10.3 Å². The number of fused-ring (bicyclic) bond motifs is 1. The highest BCUT2D eigenvalue weighted by Crippen LogP contribution is 2.36. The standard InChI is InChI=1S/C28H29FN2O6.C2H6/c1-16-9-22-23(15-30-24(22)14-25(16)35-3)28(33)27(21-6-5-17(29)10-26(21)36-4)31-18-11-19(34-2)13-20(12-18)37-8-7-32;1-2/h5-6,9-15,27,30-32H,7-8H2,1-4H3;1-2H3. The molecule has 1 heterocycles. The van der Waals surface area contributed by atoms with Crippen molar-refractivity contribution in [3.8, 4) is 23.0 Å². The van der Waals surface area contributed by atoms with Crippen LogP contribution in [0.1, 0.15) is 41.4 Å². The van der Waals surface area contributed by atoms with Gasteiger partial charge in [0.15, 0.2) is 5.78 Å². The zero-order chi connectivity index (χ0) is 28.5. The lowest BCUT2D eigenvalue weighted by Crippen LogP contribution is -2.22. The minimum absolute atomic E-state index is 0.0961. The molecule has 0 bridgehead atoms. The van der Waals surface area contributed by atoms with Crippen LogP contribution in [0.4, 0.5) is 10.1 Å². The summed E-state index contributed by atoms with van der Waals surface area (Å²) in [4.78, 5) is 17.2. The number of ketones is 1. The van der Waals surface area contributed by atoms with E-state index in [0.717, 1.165) is 16.5 Å². The number of aliphatic hydroxyl groups is 1. The number of H-pyrrole nitrogens is 1. The lowest BCUT2D eigenvalue weighted by atomic mass is 9.95. The van der Waals surface area contributed by atoms with E-state index in [1.54, 1.807) is 31.5 Å². The van der Waals surface area contributed by atoms with Gasteiger partial charge in [0.1, 0.15) is 41.5 Å². The second-order valence-corrected chi connectivity index (χ2v) is 8.37. The second-order valence-electron chi connectivity index (χ2n) is 8.37. The number of anilines is 1. The summed E-state index contributed by atoms with van der Waals surface area (Å²) in [7, 11) is 4.53. The fourth-order valence-corrected chi connectivity index (χ4v) is 4.23. The number of aliphatic hydroxyl groups excluding tert-OH is 1. The molecule has 3 aromatic carbocycles. The molecule has 0 saturated heterocycles. The summed E-state index contributed by atoms with van der Waals surface area (Å²) < 4.78 is 35.8. The van der Waals surface area contributed by atoms with Gasteiger partial charge in [-0.3, -0.25) is 4.79 Å². The zero-order valence-corrected chi connectivity index (χ0v) is 23.1. The first-order valence-electron chi connectivity index (χ1n) is 12.6. The van der Waals surface area contributed by atoms with Crippen molar-refractivity contribution in [2.75, 3.05) is 39.9 Å². The number of aromatic nitrogens is 1. The predicted octanol–water partition coefficient (Wildman–Crippen LogP) is 6.07. The number of rotatable bonds is 11. The number of halogens is 1.